The van der Waals surface area contributed by atoms with Crippen LogP contribution in [0.25, 0.3) is 33.9 Å². The smallest absolute Gasteiger partial charge is 0.316 e. The molecule has 0 radical (unpaired) electrons. The summed E-state index contributed by atoms with van der Waals surface area (Å²) in [5.41, 5.74) is 6.83. The molecule has 2 aromatic carbocycles. The maximum atomic E-state index is 13.2. The predicted molar refractivity (Wildman–Crippen MR) is 124 cm³/mol. The van der Waals surface area contributed by atoms with Gasteiger partial charge in [0.1, 0.15) is 0 Å². The lowest BCUT2D eigenvalue weighted by Crippen LogP contribution is -2.71. The van der Waals surface area contributed by atoms with E-state index in [9.17, 15) is 9.59 Å². The fraction of sp³-hybridized carbons (Fsp3) is 0.231. The Morgan fingerprint density at radius 3 is 2.50 bits per heavy atom. The van der Waals surface area contributed by atoms with Crippen LogP contribution in [-0.4, -0.2) is 58.5 Å². The zero-order valence-electron chi connectivity index (χ0n) is 17.7. The van der Waals surface area contributed by atoms with Gasteiger partial charge in [0, 0.05) is 53.5 Å². The van der Waals surface area contributed by atoms with Crippen LogP contribution in [0.5, 0.6) is 0 Å². The standard InChI is InChI=1S/C26H22N4O2/c1-28-12-16-11-17(13-28)30(16)26(32)27-25(31)24-20-14-29-21-9-5-2-6-15(21)10-22(29)18-7-3-4-8-19(18)23(20)24/h2-10,14,16-17H,11-13H2,1H3,(H,27,31,32). The number of piperidine rings is 1. The van der Waals surface area contributed by atoms with E-state index in [0.29, 0.717) is 5.57 Å². The molecule has 3 fully saturated rings. The van der Waals surface area contributed by atoms with Crippen molar-refractivity contribution in [1.29, 1.82) is 0 Å². The molecular weight excluding hydrogens is 400 g/mol. The van der Waals surface area contributed by atoms with Crippen LogP contribution in [0.4, 0.5) is 4.79 Å². The Morgan fingerprint density at radius 1 is 0.969 bits per heavy atom. The number of piperazine rings is 1. The first-order valence-electron chi connectivity index (χ1n) is 11.1. The maximum Gasteiger partial charge on any atom is 0.324 e. The van der Waals surface area contributed by atoms with Gasteiger partial charge in [-0.1, -0.05) is 42.5 Å². The van der Waals surface area contributed by atoms with Crippen molar-refractivity contribution in [1.82, 2.24) is 19.7 Å². The number of amides is 3. The lowest BCUT2D eigenvalue weighted by molar-refractivity contribution is -0.116. The summed E-state index contributed by atoms with van der Waals surface area (Å²) in [4.78, 5) is 30.1. The Balaban J connectivity index is 1.25. The topological polar surface area (TPSA) is 57.6 Å². The molecule has 5 aliphatic rings. The van der Waals surface area contributed by atoms with Crippen LogP contribution in [0, 0.1) is 0 Å². The van der Waals surface area contributed by atoms with Crippen molar-refractivity contribution in [3.8, 4) is 11.3 Å². The number of nitrogens with one attached hydrogen (secondary N) is 1. The molecule has 3 saturated heterocycles. The van der Waals surface area contributed by atoms with Crippen LogP contribution in [0.15, 0.2) is 65.7 Å². The number of carbonyl (C=O) groups is 2. The summed E-state index contributed by atoms with van der Waals surface area (Å²) >= 11 is 0. The first-order chi connectivity index (χ1) is 15.6. The van der Waals surface area contributed by atoms with E-state index in [2.05, 4.69) is 52.2 Å². The van der Waals surface area contributed by atoms with E-state index in [-0.39, 0.29) is 24.0 Å². The van der Waals surface area contributed by atoms with Crippen molar-refractivity contribution in [3.63, 3.8) is 0 Å². The van der Waals surface area contributed by atoms with Gasteiger partial charge in [0.2, 0.25) is 0 Å². The average molecular weight is 422 g/mol. The Morgan fingerprint density at radius 2 is 1.69 bits per heavy atom. The number of hydrogen-bond acceptors (Lipinski definition) is 3. The number of fused-ring (bicyclic) bond motifs is 9. The molecule has 3 amide bonds. The normalized spacial score (nSPS) is 22.9. The molecule has 3 aromatic rings. The van der Waals surface area contributed by atoms with Crippen molar-refractivity contribution < 1.29 is 9.59 Å². The number of urea groups is 1. The molecule has 2 unspecified atom stereocenters. The minimum Gasteiger partial charge on any atom is -0.316 e. The summed E-state index contributed by atoms with van der Waals surface area (Å²) in [6, 6.07) is 18.8. The first kappa shape index (κ1) is 18.0. The van der Waals surface area contributed by atoms with Crippen LogP contribution < -0.4 is 5.32 Å². The molecule has 2 atom stereocenters. The molecule has 1 aliphatic carbocycles. The van der Waals surface area contributed by atoms with Gasteiger partial charge >= 0.3 is 6.03 Å². The van der Waals surface area contributed by atoms with Crippen LogP contribution in [-0.2, 0) is 4.79 Å². The molecule has 1 N–H and O–H groups in total. The molecule has 8 rings (SSSR count). The van der Waals surface area contributed by atoms with Crippen molar-refractivity contribution in [2.75, 3.05) is 20.1 Å². The number of para-hydroxylation sites is 1. The highest BCUT2D eigenvalue weighted by Gasteiger charge is 2.48. The Hall–Kier alpha value is -3.64. The summed E-state index contributed by atoms with van der Waals surface area (Å²) < 4.78 is 2.16. The van der Waals surface area contributed by atoms with Gasteiger partial charge in [-0.2, -0.15) is 0 Å². The van der Waals surface area contributed by atoms with Crippen LogP contribution in [0.2, 0.25) is 0 Å². The van der Waals surface area contributed by atoms with Gasteiger partial charge < -0.3 is 14.4 Å². The Kier molecular flexibility index (Phi) is 3.49. The SMILES string of the molecule is CN1CC2CC(C1)N2C(=O)NC(=O)C1=C2C1=Cn1c(cc3ccccc31)-c1ccccc12. The number of imide groups is 1. The number of allylic oxidation sites excluding steroid dienone is 1. The maximum absolute atomic E-state index is 13.2. The molecular formula is C26H22N4O2. The van der Waals surface area contributed by atoms with Crippen LogP contribution in [0.3, 0.4) is 0 Å². The minimum atomic E-state index is -0.302. The van der Waals surface area contributed by atoms with E-state index < -0.39 is 0 Å². The molecule has 1 aromatic heterocycles. The summed E-state index contributed by atoms with van der Waals surface area (Å²) in [6.45, 7) is 1.74. The van der Waals surface area contributed by atoms with E-state index in [1.54, 1.807) is 0 Å². The highest BCUT2D eigenvalue weighted by atomic mass is 16.2. The van der Waals surface area contributed by atoms with E-state index in [4.69, 9.17) is 0 Å². The Bertz CT molecular complexity index is 1400. The number of carbonyl (C=O) groups excluding carboxylic acids is 2. The molecule has 4 aliphatic heterocycles. The zero-order chi connectivity index (χ0) is 21.6. The van der Waals surface area contributed by atoms with Gasteiger partial charge in [-0.25, -0.2) is 4.79 Å². The summed E-state index contributed by atoms with van der Waals surface area (Å²) in [6.07, 6.45) is 3.07. The number of benzene rings is 2. The Labute approximate surface area is 185 Å². The summed E-state index contributed by atoms with van der Waals surface area (Å²) in [7, 11) is 2.08. The fourth-order valence-electron chi connectivity index (χ4n) is 5.80. The van der Waals surface area contributed by atoms with Gasteiger partial charge in [-0.05, 0) is 31.2 Å². The molecule has 158 valence electrons. The monoisotopic (exact) mass is 422 g/mol. The largest absolute Gasteiger partial charge is 0.324 e. The fourth-order valence-corrected chi connectivity index (χ4v) is 5.80. The molecule has 5 heterocycles. The average Bonchev–Trinajstić information content (AvgIpc) is 3.41. The highest BCUT2D eigenvalue weighted by Crippen LogP contribution is 2.52. The minimum absolute atomic E-state index is 0.211. The lowest BCUT2D eigenvalue weighted by atomic mass is 9.88. The number of likely N-dealkylation sites (N-methyl/N-ethyl adjacent to an activating group) is 1. The first-order valence-corrected chi connectivity index (χ1v) is 11.1. The van der Waals surface area contributed by atoms with Gasteiger partial charge in [-0.15, -0.1) is 0 Å². The molecule has 6 heteroatoms. The van der Waals surface area contributed by atoms with E-state index in [1.165, 1.54) is 0 Å². The lowest BCUT2D eigenvalue weighted by Gasteiger charge is -2.55. The number of aromatic nitrogens is 1. The molecule has 0 spiro atoms. The second-order valence-electron chi connectivity index (χ2n) is 9.23. The van der Waals surface area contributed by atoms with Crippen molar-refractivity contribution in [2.45, 2.75) is 18.5 Å². The van der Waals surface area contributed by atoms with Crippen LogP contribution >= 0.6 is 0 Å². The third kappa shape index (κ3) is 2.38. The molecule has 0 saturated carbocycles. The van der Waals surface area contributed by atoms with E-state index in [0.717, 1.165) is 58.4 Å². The number of nitrogens with zero attached hydrogens (tertiary/aromatic N) is 3. The molecule has 6 nitrogen and oxygen atoms in total. The van der Waals surface area contributed by atoms with Gasteiger partial charge in [0.15, 0.2) is 0 Å². The third-order valence-corrected chi connectivity index (χ3v) is 7.26. The van der Waals surface area contributed by atoms with Gasteiger partial charge in [0.25, 0.3) is 5.91 Å². The third-order valence-electron chi connectivity index (χ3n) is 7.26. The van der Waals surface area contributed by atoms with E-state index in [1.807, 2.05) is 35.4 Å². The van der Waals surface area contributed by atoms with Crippen molar-refractivity contribution in [2.24, 2.45) is 0 Å². The van der Waals surface area contributed by atoms with Crippen molar-refractivity contribution in [3.05, 3.63) is 71.3 Å². The summed E-state index contributed by atoms with van der Waals surface area (Å²) in [5, 5.41) is 3.83. The quantitative estimate of drug-likeness (QED) is 0.653. The summed E-state index contributed by atoms with van der Waals surface area (Å²) in [5.74, 6) is -0.302. The van der Waals surface area contributed by atoms with Gasteiger partial charge in [0.05, 0.1) is 16.8 Å². The second kappa shape index (κ2) is 6.20. The number of hydrogen-bond donors (Lipinski definition) is 1. The van der Waals surface area contributed by atoms with Crippen molar-refractivity contribution >= 4 is 34.6 Å². The van der Waals surface area contributed by atoms with Gasteiger partial charge in [-0.3, -0.25) is 10.1 Å². The highest BCUT2D eigenvalue weighted by molar-refractivity contribution is 6.28. The zero-order valence-corrected chi connectivity index (χ0v) is 17.7. The number of rotatable bonds is 1. The van der Waals surface area contributed by atoms with Crippen LogP contribution in [0.1, 0.15) is 12.0 Å². The van der Waals surface area contributed by atoms with E-state index >= 15 is 0 Å². The second-order valence-corrected chi connectivity index (χ2v) is 9.23. The molecule has 32 heavy (non-hydrogen) atoms. The molecule has 2 bridgehead atoms. The predicted octanol–water partition coefficient (Wildman–Crippen LogP) is 3.55.